The minimum Gasteiger partial charge on any atom is -0.481 e. The van der Waals surface area contributed by atoms with Gasteiger partial charge in [0.2, 0.25) is 5.88 Å². The quantitative estimate of drug-likeness (QED) is 0.654. The number of hydrogen-bond acceptors (Lipinski definition) is 5. The molecule has 4 rings (SSSR count). The number of ether oxygens (including phenoxy) is 1. The standard InChI is InChI=1S/C24H28N4O2/c1-3-21(28-24(29)18-10-11-22(30-2)27-15-18)17-8-6-16(7-9-17)19-12-14-26-23-20(19)5-4-13-25-23/h4-5,10-17,21H,3,6-9H2,1-2H3,(H,28,29)/t16-,17+,21-/m1/s1. The van der Waals surface area contributed by atoms with Crippen molar-refractivity contribution in [3.8, 4) is 5.88 Å². The number of fused-ring (bicyclic) bond motifs is 1. The Kier molecular flexibility index (Phi) is 6.21. The molecule has 0 aromatic carbocycles. The van der Waals surface area contributed by atoms with Crippen LogP contribution in [-0.4, -0.2) is 34.0 Å². The number of hydrogen-bond donors (Lipinski definition) is 1. The highest BCUT2D eigenvalue weighted by atomic mass is 16.5. The van der Waals surface area contributed by atoms with Crippen LogP contribution >= 0.6 is 0 Å². The smallest absolute Gasteiger partial charge is 0.253 e. The predicted molar refractivity (Wildman–Crippen MR) is 117 cm³/mol. The van der Waals surface area contributed by atoms with E-state index in [1.165, 1.54) is 5.56 Å². The summed E-state index contributed by atoms with van der Waals surface area (Å²) in [6.07, 6.45) is 10.6. The number of nitrogens with zero attached hydrogens (tertiary/aromatic N) is 3. The summed E-state index contributed by atoms with van der Waals surface area (Å²) in [5.41, 5.74) is 2.75. The fourth-order valence-electron chi connectivity index (χ4n) is 4.63. The molecule has 0 saturated heterocycles. The van der Waals surface area contributed by atoms with Gasteiger partial charge in [0.25, 0.3) is 5.91 Å². The fraction of sp³-hybridized carbons (Fsp3) is 0.417. The van der Waals surface area contributed by atoms with Gasteiger partial charge in [0.1, 0.15) is 0 Å². The molecule has 3 aromatic rings. The molecule has 156 valence electrons. The van der Waals surface area contributed by atoms with Crippen LogP contribution in [0.2, 0.25) is 0 Å². The molecule has 0 unspecified atom stereocenters. The van der Waals surface area contributed by atoms with Crippen LogP contribution in [0.1, 0.15) is 60.9 Å². The van der Waals surface area contributed by atoms with Gasteiger partial charge >= 0.3 is 0 Å². The number of rotatable bonds is 6. The van der Waals surface area contributed by atoms with E-state index in [1.807, 2.05) is 12.3 Å². The zero-order valence-electron chi connectivity index (χ0n) is 17.5. The van der Waals surface area contributed by atoms with Crippen LogP contribution in [0.5, 0.6) is 5.88 Å². The van der Waals surface area contributed by atoms with Crippen molar-refractivity contribution in [2.75, 3.05) is 7.11 Å². The van der Waals surface area contributed by atoms with Gasteiger partial charge in [0.05, 0.1) is 12.7 Å². The summed E-state index contributed by atoms with van der Waals surface area (Å²) in [7, 11) is 1.57. The summed E-state index contributed by atoms with van der Waals surface area (Å²) in [5.74, 6) is 1.46. The molecule has 6 nitrogen and oxygen atoms in total. The molecule has 0 radical (unpaired) electrons. The van der Waals surface area contributed by atoms with Crippen LogP contribution in [-0.2, 0) is 0 Å². The Labute approximate surface area is 177 Å². The van der Waals surface area contributed by atoms with Crippen molar-refractivity contribution in [2.24, 2.45) is 5.92 Å². The van der Waals surface area contributed by atoms with E-state index in [2.05, 4.69) is 39.3 Å². The van der Waals surface area contributed by atoms with Crippen molar-refractivity contribution in [1.29, 1.82) is 0 Å². The molecule has 1 saturated carbocycles. The van der Waals surface area contributed by atoms with E-state index in [-0.39, 0.29) is 11.9 Å². The molecule has 30 heavy (non-hydrogen) atoms. The van der Waals surface area contributed by atoms with Crippen molar-refractivity contribution < 1.29 is 9.53 Å². The first kappa shape index (κ1) is 20.3. The second-order valence-electron chi connectivity index (χ2n) is 7.96. The highest BCUT2D eigenvalue weighted by Gasteiger charge is 2.29. The van der Waals surface area contributed by atoms with Gasteiger partial charge in [0, 0.05) is 36.1 Å². The molecule has 0 spiro atoms. The lowest BCUT2D eigenvalue weighted by molar-refractivity contribution is 0.0909. The molecule has 3 heterocycles. The Morgan fingerprint density at radius 3 is 2.60 bits per heavy atom. The maximum absolute atomic E-state index is 12.7. The molecule has 1 atom stereocenters. The van der Waals surface area contributed by atoms with Crippen LogP contribution in [0, 0.1) is 5.92 Å². The number of carbonyl (C=O) groups excluding carboxylic acids is 1. The van der Waals surface area contributed by atoms with Crippen LogP contribution < -0.4 is 10.1 Å². The Morgan fingerprint density at radius 2 is 1.90 bits per heavy atom. The van der Waals surface area contributed by atoms with E-state index in [1.54, 1.807) is 31.6 Å². The number of carbonyl (C=O) groups is 1. The van der Waals surface area contributed by atoms with Gasteiger partial charge in [-0.25, -0.2) is 15.0 Å². The average molecular weight is 405 g/mol. The summed E-state index contributed by atoms with van der Waals surface area (Å²) in [5, 5.41) is 4.40. The maximum atomic E-state index is 12.7. The number of aromatic nitrogens is 3. The van der Waals surface area contributed by atoms with Crippen molar-refractivity contribution in [3.05, 3.63) is 60.0 Å². The number of pyridine rings is 3. The molecule has 1 fully saturated rings. The number of nitrogens with one attached hydrogen (secondary N) is 1. The lowest BCUT2D eigenvalue weighted by Crippen LogP contribution is -2.41. The summed E-state index contributed by atoms with van der Waals surface area (Å²) in [4.78, 5) is 25.6. The average Bonchev–Trinajstić information content (AvgIpc) is 2.82. The van der Waals surface area contributed by atoms with E-state index in [9.17, 15) is 4.79 Å². The predicted octanol–water partition coefficient (Wildman–Crippen LogP) is 4.52. The van der Waals surface area contributed by atoms with E-state index in [0.29, 0.717) is 23.3 Å². The first-order valence-electron chi connectivity index (χ1n) is 10.7. The van der Waals surface area contributed by atoms with Gasteiger partial charge in [-0.1, -0.05) is 6.92 Å². The van der Waals surface area contributed by atoms with Gasteiger partial charge in [-0.05, 0) is 73.8 Å². The Balaban J connectivity index is 1.40. The molecular formula is C24H28N4O2. The lowest BCUT2D eigenvalue weighted by atomic mass is 9.75. The second kappa shape index (κ2) is 9.20. The SMILES string of the molecule is CC[C@@H](NC(=O)c1ccc(OC)nc1)[C@H]1CC[C@@H](c2ccnc3ncccc32)CC1. The molecule has 3 aromatic heterocycles. The van der Waals surface area contributed by atoms with Crippen LogP contribution in [0.25, 0.3) is 11.0 Å². The van der Waals surface area contributed by atoms with Gasteiger partial charge < -0.3 is 10.1 Å². The molecule has 0 aliphatic heterocycles. The zero-order chi connectivity index (χ0) is 20.9. The molecule has 0 bridgehead atoms. The van der Waals surface area contributed by atoms with Crippen LogP contribution in [0.15, 0.2) is 48.9 Å². The summed E-state index contributed by atoms with van der Waals surface area (Å²) in [6.45, 7) is 2.14. The van der Waals surface area contributed by atoms with E-state index < -0.39 is 0 Å². The normalized spacial score (nSPS) is 19.9. The Morgan fingerprint density at radius 1 is 1.10 bits per heavy atom. The number of methoxy groups -OCH3 is 1. The van der Waals surface area contributed by atoms with Gasteiger partial charge in [-0.15, -0.1) is 0 Å². The molecular weight excluding hydrogens is 376 g/mol. The maximum Gasteiger partial charge on any atom is 0.253 e. The third-order valence-corrected chi connectivity index (χ3v) is 6.29. The highest BCUT2D eigenvalue weighted by Crippen LogP contribution is 2.39. The van der Waals surface area contributed by atoms with E-state index >= 15 is 0 Å². The Bertz CT molecular complexity index is 992. The minimum atomic E-state index is -0.0645. The summed E-state index contributed by atoms with van der Waals surface area (Å²) < 4.78 is 5.07. The largest absolute Gasteiger partial charge is 0.481 e. The highest BCUT2D eigenvalue weighted by molar-refractivity contribution is 5.94. The first-order valence-corrected chi connectivity index (χ1v) is 10.7. The van der Waals surface area contributed by atoms with Crippen molar-refractivity contribution in [3.63, 3.8) is 0 Å². The van der Waals surface area contributed by atoms with E-state index in [0.717, 1.165) is 43.1 Å². The lowest BCUT2D eigenvalue weighted by Gasteiger charge is -2.34. The van der Waals surface area contributed by atoms with E-state index in [4.69, 9.17) is 4.74 Å². The molecule has 1 amide bonds. The van der Waals surface area contributed by atoms with Crippen LogP contribution in [0.3, 0.4) is 0 Å². The summed E-state index contributed by atoms with van der Waals surface area (Å²) >= 11 is 0. The fourth-order valence-corrected chi connectivity index (χ4v) is 4.63. The van der Waals surface area contributed by atoms with Crippen molar-refractivity contribution >= 4 is 16.9 Å². The molecule has 1 N–H and O–H groups in total. The van der Waals surface area contributed by atoms with Crippen LogP contribution in [0.4, 0.5) is 0 Å². The Hall–Kier alpha value is -3.02. The van der Waals surface area contributed by atoms with Crippen molar-refractivity contribution in [2.45, 2.75) is 51.0 Å². The van der Waals surface area contributed by atoms with Gasteiger partial charge in [-0.2, -0.15) is 0 Å². The third kappa shape index (κ3) is 4.27. The second-order valence-corrected chi connectivity index (χ2v) is 7.96. The first-order chi connectivity index (χ1) is 14.7. The monoisotopic (exact) mass is 404 g/mol. The molecule has 1 aliphatic rings. The van der Waals surface area contributed by atoms with Crippen molar-refractivity contribution in [1.82, 2.24) is 20.3 Å². The zero-order valence-corrected chi connectivity index (χ0v) is 17.5. The number of amides is 1. The molecule has 6 heteroatoms. The van der Waals surface area contributed by atoms with Gasteiger partial charge in [-0.3, -0.25) is 4.79 Å². The van der Waals surface area contributed by atoms with Gasteiger partial charge in [0.15, 0.2) is 5.65 Å². The third-order valence-electron chi connectivity index (χ3n) is 6.29. The molecule has 1 aliphatic carbocycles. The summed E-state index contributed by atoms with van der Waals surface area (Å²) in [6, 6.07) is 9.90. The minimum absolute atomic E-state index is 0.0645. The topological polar surface area (TPSA) is 77.0 Å².